The summed E-state index contributed by atoms with van der Waals surface area (Å²) < 4.78 is 31.8. The van der Waals surface area contributed by atoms with E-state index in [0.29, 0.717) is 41.3 Å². The van der Waals surface area contributed by atoms with Gasteiger partial charge in [0.15, 0.2) is 11.5 Å². The molecule has 1 unspecified atom stereocenters. The van der Waals surface area contributed by atoms with Crippen LogP contribution < -0.4 is 10.6 Å². The maximum absolute atomic E-state index is 16.1. The number of imide groups is 1. The highest BCUT2D eigenvalue weighted by atomic mass is 19.1. The molecule has 8 nitrogen and oxygen atoms in total. The first-order valence-electron chi connectivity index (χ1n) is 13.8. The van der Waals surface area contributed by atoms with E-state index in [-0.39, 0.29) is 28.4 Å². The molecule has 0 saturated heterocycles. The number of nitrogens with one attached hydrogen (secondary N) is 1. The molecule has 42 heavy (non-hydrogen) atoms. The summed E-state index contributed by atoms with van der Waals surface area (Å²) in [5.74, 6) is -3.75. The van der Waals surface area contributed by atoms with Gasteiger partial charge < -0.3 is 15.8 Å². The van der Waals surface area contributed by atoms with Crippen LogP contribution >= 0.6 is 0 Å². The van der Waals surface area contributed by atoms with Gasteiger partial charge in [0.1, 0.15) is 17.4 Å². The molecule has 0 fully saturated rings. The van der Waals surface area contributed by atoms with Gasteiger partial charge in [-0.2, -0.15) is 9.37 Å². The summed E-state index contributed by atoms with van der Waals surface area (Å²) in [5, 5.41) is 11.2. The normalized spacial score (nSPS) is 20.6. The number of hydrogen-bond acceptors (Lipinski definition) is 4. The van der Waals surface area contributed by atoms with Crippen LogP contribution in [0.3, 0.4) is 0 Å². The van der Waals surface area contributed by atoms with Crippen LogP contribution in [0.5, 0.6) is 0 Å². The monoisotopic (exact) mass is 573 g/mol. The van der Waals surface area contributed by atoms with Crippen LogP contribution in [0.4, 0.5) is 19.3 Å². The van der Waals surface area contributed by atoms with Gasteiger partial charge in [-0.1, -0.05) is 24.3 Å². The zero-order chi connectivity index (χ0) is 30.2. The second kappa shape index (κ2) is 9.55. The topological polar surface area (TPSA) is 120 Å². The van der Waals surface area contributed by atoms with Crippen molar-refractivity contribution in [3.05, 3.63) is 76.5 Å². The second-order valence-corrected chi connectivity index (χ2v) is 11.8. The smallest absolute Gasteiger partial charge is 0.390 e. The predicted molar refractivity (Wildman–Crippen MR) is 155 cm³/mol. The first kappa shape index (κ1) is 27.7. The number of hydrogen-bond donors (Lipinski definition) is 3. The van der Waals surface area contributed by atoms with Crippen molar-refractivity contribution in [1.29, 1.82) is 0 Å². The van der Waals surface area contributed by atoms with E-state index in [1.807, 2.05) is 0 Å². The van der Waals surface area contributed by atoms with E-state index in [1.54, 1.807) is 39.0 Å². The Labute approximate surface area is 240 Å². The molecule has 0 bridgehead atoms. The number of rotatable bonds is 4. The Morgan fingerprint density at radius 1 is 1.24 bits per heavy atom. The largest absolute Gasteiger partial charge is 0.506 e. The molecule has 6 rings (SSSR count). The summed E-state index contributed by atoms with van der Waals surface area (Å²) in [6.45, 7) is 5.21. The van der Waals surface area contributed by atoms with E-state index in [4.69, 9.17) is 5.73 Å². The van der Waals surface area contributed by atoms with Crippen LogP contribution in [0.1, 0.15) is 47.4 Å². The number of H-pyrrole nitrogens is 1. The highest BCUT2D eigenvalue weighted by Gasteiger charge is 2.49. The van der Waals surface area contributed by atoms with Crippen molar-refractivity contribution in [1.82, 2.24) is 4.98 Å². The zero-order valence-electron chi connectivity index (χ0n) is 23.7. The summed E-state index contributed by atoms with van der Waals surface area (Å²) in [6.07, 6.45) is 5.89. The van der Waals surface area contributed by atoms with Crippen LogP contribution in [0, 0.1) is 24.6 Å². The molecule has 216 valence electrons. The van der Waals surface area contributed by atoms with E-state index < -0.39 is 41.0 Å². The van der Waals surface area contributed by atoms with Gasteiger partial charge >= 0.3 is 11.9 Å². The minimum absolute atomic E-state index is 0.0134. The van der Waals surface area contributed by atoms with Gasteiger partial charge in [0.2, 0.25) is 0 Å². The first-order valence-corrected chi connectivity index (χ1v) is 13.8. The second-order valence-electron chi connectivity index (χ2n) is 11.8. The van der Waals surface area contributed by atoms with Crippen LogP contribution in [0.15, 0.2) is 48.3 Å². The number of aromatic amines is 1. The molecule has 3 aromatic rings. The molecule has 2 aromatic carbocycles. The van der Waals surface area contributed by atoms with Crippen molar-refractivity contribution in [2.24, 2.45) is 17.6 Å². The van der Waals surface area contributed by atoms with E-state index in [1.165, 1.54) is 25.3 Å². The summed E-state index contributed by atoms with van der Waals surface area (Å²) in [6, 6.07) is 5.31. The third kappa shape index (κ3) is 4.04. The van der Waals surface area contributed by atoms with Crippen molar-refractivity contribution < 1.29 is 32.8 Å². The van der Waals surface area contributed by atoms with Gasteiger partial charge in [-0.15, -0.1) is 4.90 Å². The lowest BCUT2D eigenvalue weighted by Gasteiger charge is -2.32. The number of aryl methyl sites for hydroxylation is 1. The van der Waals surface area contributed by atoms with Gasteiger partial charge in [-0.25, -0.2) is 13.6 Å². The molecule has 2 aliphatic carbocycles. The third-order valence-electron chi connectivity index (χ3n) is 8.91. The Morgan fingerprint density at radius 2 is 1.98 bits per heavy atom. The first-order chi connectivity index (χ1) is 19.8. The molecule has 1 aliphatic heterocycles. The number of amides is 4. The predicted octanol–water partition coefficient (Wildman–Crippen LogP) is 4.85. The summed E-state index contributed by atoms with van der Waals surface area (Å²) in [7, 11) is 1.41. The van der Waals surface area contributed by atoms with Crippen molar-refractivity contribution in [3.8, 4) is 11.1 Å². The van der Waals surface area contributed by atoms with Crippen molar-refractivity contribution in [2.45, 2.75) is 45.6 Å². The number of urea groups is 1. The number of allylic oxidation sites excluding steroid dienone is 3. The Kier molecular flexibility index (Phi) is 6.31. The van der Waals surface area contributed by atoms with Crippen LogP contribution in [0.25, 0.3) is 22.0 Å². The highest BCUT2D eigenvalue weighted by Crippen LogP contribution is 2.44. The number of aromatic nitrogens is 1. The number of fused-ring (bicyclic) bond motifs is 4. The molecule has 0 saturated carbocycles. The Hall–Kier alpha value is -4.44. The van der Waals surface area contributed by atoms with Crippen LogP contribution in [-0.2, 0) is 17.6 Å². The molecule has 1 aromatic heterocycles. The molecule has 0 radical (unpaired) electrons. The molecule has 4 amide bonds. The molecule has 2 heterocycles. The highest BCUT2D eigenvalue weighted by molar-refractivity contribution is 6.27. The number of halogens is 2. The molecular weight excluding hydrogens is 542 g/mol. The van der Waals surface area contributed by atoms with Crippen molar-refractivity contribution in [2.75, 3.05) is 11.9 Å². The number of primary amides is 1. The minimum Gasteiger partial charge on any atom is -0.390 e. The number of aliphatic hydroxyl groups is 1. The van der Waals surface area contributed by atoms with Gasteiger partial charge in [0, 0.05) is 22.2 Å². The fourth-order valence-corrected chi connectivity index (χ4v) is 6.63. The maximum Gasteiger partial charge on any atom is 0.506 e. The number of nitrogens with two attached hydrogens (primary N) is 1. The quantitative estimate of drug-likeness (QED) is 0.387. The summed E-state index contributed by atoms with van der Waals surface area (Å²) >= 11 is 0. The fraction of sp³-hybridized carbons (Fsp3) is 0.312. The molecule has 10 heteroatoms. The molecule has 3 aliphatic rings. The van der Waals surface area contributed by atoms with Gasteiger partial charge in [-0.3, -0.25) is 4.79 Å². The lowest BCUT2D eigenvalue weighted by Crippen LogP contribution is -2.54. The number of nitrogens with zero attached hydrogens (tertiary/aromatic N) is 2. The summed E-state index contributed by atoms with van der Waals surface area (Å²) in [4.78, 5) is 43.7. The Morgan fingerprint density at radius 3 is 2.67 bits per heavy atom. The Bertz CT molecular complexity index is 1830. The Balaban J connectivity index is 1.55. The van der Waals surface area contributed by atoms with Crippen molar-refractivity contribution in [3.63, 3.8) is 0 Å². The lowest BCUT2D eigenvalue weighted by molar-refractivity contribution is -0.395. The molecular formula is C32H31F2N4O4+. The SMILES string of the molecule is Cc1c(-c2c(F)cc(C(N)=O)c3[nH]c4c(c23)CC[C@@H](C(C)(C)O)C4)cccc1N1C(=O)C2C=CC=C(F)C2=[N+](C)C1=O. The van der Waals surface area contributed by atoms with Crippen LogP contribution in [0.2, 0.25) is 0 Å². The van der Waals surface area contributed by atoms with Crippen molar-refractivity contribution >= 4 is 40.1 Å². The molecule has 2 atom stereocenters. The average molecular weight is 574 g/mol. The van der Waals surface area contributed by atoms with E-state index >= 15 is 4.39 Å². The standard InChI is InChI=1S/C32H30F2N4O4/c1-15-17(7-6-10-24(15)38-30(40)19-8-5-9-21(33)28(19)37(4)31(38)41)25-22(34)14-20(29(35)39)27-26(25)18-12-11-16(32(2,3)42)13-23(18)36-27/h5-10,14,16,19,42H,11-13H2,1-4H3,(H2-,35,36,39)/p+1/t16-,19?/m1/s1. The zero-order valence-corrected chi connectivity index (χ0v) is 23.7. The van der Waals surface area contributed by atoms with E-state index in [0.717, 1.165) is 26.8 Å². The van der Waals surface area contributed by atoms with Gasteiger partial charge in [0.05, 0.1) is 23.7 Å². The third-order valence-corrected chi connectivity index (χ3v) is 8.91. The van der Waals surface area contributed by atoms with Crippen LogP contribution in [-0.4, -0.2) is 50.9 Å². The van der Waals surface area contributed by atoms with Gasteiger partial charge in [0.25, 0.3) is 5.91 Å². The lowest BCUT2D eigenvalue weighted by atomic mass is 9.77. The minimum atomic E-state index is -0.987. The number of anilines is 1. The maximum atomic E-state index is 16.1. The number of carbonyl (C=O) groups is 3. The average Bonchev–Trinajstić information content (AvgIpc) is 3.30. The van der Waals surface area contributed by atoms with E-state index in [2.05, 4.69) is 4.98 Å². The molecule has 4 N–H and O–H groups in total. The van der Waals surface area contributed by atoms with E-state index in [9.17, 15) is 23.9 Å². The fourth-order valence-electron chi connectivity index (χ4n) is 6.63. The molecule has 0 spiro atoms. The number of benzene rings is 2. The van der Waals surface area contributed by atoms with Gasteiger partial charge in [-0.05, 0) is 75.3 Å². The number of carbonyl (C=O) groups excluding carboxylic acids is 3. The summed E-state index contributed by atoms with van der Waals surface area (Å²) in [5.41, 5.74) is 8.13.